The minimum Gasteiger partial charge on any atom is -0.364 e. The van der Waals surface area contributed by atoms with E-state index in [-0.39, 0.29) is 6.04 Å². The Bertz CT molecular complexity index is 573. The summed E-state index contributed by atoms with van der Waals surface area (Å²) in [4.78, 5) is 9.69. The van der Waals surface area contributed by atoms with Gasteiger partial charge in [-0.15, -0.1) is 0 Å². The second-order valence-electron chi connectivity index (χ2n) is 6.63. The van der Waals surface area contributed by atoms with Crippen LogP contribution in [0.2, 0.25) is 0 Å². The van der Waals surface area contributed by atoms with Crippen molar-refractivity contribution in [3.05, 3.63) is 18.1 Å². The maximum absolute atomic E-state index is 12.5. The number of likely N-dealkylation sites (tertiary alicyclic amines) is 1. The third kappa shape index (κ3) is 1.73. The van der Waals surface area contributed by atoms with E-state index in [0.29, 0.717) is 23.3 Å². The van der Waals surface area contributed by atoms with Gasteiger partial charge in [0, 0.05) is 18.1 Å². The molecular formula is C14H17F3N4. The van der Waals surface area contributed by atoms with Crippen LogP contribution in [0.5, 0.6) is 0 Å². The van der Waals surface area contributed by atoms with E-state index < -0.39 is 11.9 Å². The summed E-state index contributed by atoms with van der Waals surface area (Å²) in [6, 6.07) is 1.33. The van der Waals surface area contributed by atoms with Crippen LogP contribution in [0, 0.1) is 11.3 Å². The van der Waals surface area contributed by atoms with Crippen molar-refractivity contribution >= 4 is 5.82 Å². The Kier molecular flexibility index (Phi) is 2.46. The zero-order valence-corrected chi connectivity index (χ0v) is 11.9. The van der Waals surface area contributed by atoms with Crippen LogP contribution in [-0.4, -0.2) is 40.0 Å². The van der Waals surface area contributed by atoms with Crippen molar-refractivity contribution in [1.82, 2.24) is 14.9 Å². The largest absolute Gasteiger partial charge is 0.434 e. The van der Waals surface area contributed by atoms with Crippen LogP contribution >= 0.6 is 0 Å². The van der Waals surface area contributed by atoms with Crippen LogP contribution in [0.3, 0.4) is 0 Å². The quantitative estimate of drug-likeness (QED) is 0.910. The van der Waals surface area contributed by atoms with Gasteiger partial charge in [-0.05, 0) is 38.1 Å². The molecule has 0 radical (unpaired) electrons. The van der Waals surface area contributed by atoms with E-state index in [4.69, 9.17) is 0 Å². The summed E-state index contributed by atoms with van der Waals surface area (Å²) in [6.45, 7) is 2.26. The Morgan fingerprint density at radius 3 is 2.62 bits per heavy atom. The molecule has 2 saturated carbocycles. The van der Waals surface area contributed by atoms with Gasteiger partial charge in [-0.1, -0.05) is 0 Å². The third-order valence-electron chi connectivity index (χ3n) is 5.69. The first-order valence-electron chi connectivity index (χ1n) is 7.21. The highest BCUT2D eigenvalue weighted by molar-refractivity contribution is 5.40. The van der Waals surface area contributed by atoms with Gasteiger partial charge in [0.05, 0.1) is 12.4 Å². The Morgan fingerprint density at radius 1 is 1.29 bits per heavy atom. The van der Waals surface area contributed by atoms with Crippen molar-refractivity contribution in [2.75, 3.05) is 12.4 Å². The summed E-state index contributed by atoms with van der Waals surface area (Å²) in [5.41, 5.74) is -0.488. The average Bonchev–Trinajstić information content (AvgIpc) is 3.10. The minimum atomic E-state index is -4.44. The molecule has 7 heteroatoms. The molecule has 3 fully saturated rings. The molecule has 1 aromatic rings. The first kappa shape index (κ1) is 13.3. The number of nitrogens with one attached hydrogen (secondary N) is 1. The molecular weight excluding hydrogens is 281 g/mol. The predicted octanol–water partition coefficient (Wildman–Crippen LogP) is 2.39. The smallest absolute Gasteiger partial charge is 0.364 e. The summed E-state index contributed by atoms with van der Waals surface area (Å²) in [5.74, 6) is 1.22. The lowest BCUT2D eigenvalue weighted by molar-refractivity contribution is -0.141. The molecule has 2 heterocycles. The molecule has 21 heavy (non-hydrogen) atoms. The number of anilines is 1. The number of piperidine rings is 1. The first-order valence-corrected chi connectivity index (χ1v) is 7.21. The normalized spacial score (nSPS) is 41.2. The van der Waals surface area contributed by atoms with E-state index in [1.54, 1.807) is 0 Å². The van der Waals surface area contributed by atoms with Gasteiger partial charge in [-0.25, -0.2) is 9.97 Å². The summed E-state index contributed by atoms with van der Waals surface area (Å²) in [7, 11) is 2.13. The number of likely N-dealkylation sites (N-methyl/N-ethyl adjacent to an activating group) is 1. The van der Waals surface area contributed by atoms with Crippen molar-refractivity contribution in [1.29, 1.82) is 0 Å². The number of alkyl halides is 3. The number of rotatable bonds is 2. The van der Waals surface area contributed by atoms with Gasteiger partial charge in [0.15, 0.2) is 5.69 Å². The van der Waals surface area contributed by atoms with E-state index in [1.807, 2.05) is 0 Å². The fourth-order valence-electron chi connectivity index (χ4n) is 4.55. The standard InChI is InChI=1S/C14H17F3N4/c1-7-8-3-13(8)4-9(12(13)21(7)2)20-11-6-18-10(5-19-11)14(15,16)17/h5-9,12H,3-4H2,1-2H3,(H,19,20). The Morgan fingerprint density at radius 2 is 2.05 bits per heavy atom. The Hall–Kier alpha value is -1.37. The monoisotopic (exact) mass is 298 g/mol. The van der Waals surface area contributed by atoms with Gasteiger partial charge in [0.25, 0.3) is 0 Å². The lowest BCUT2D eigenvalue weighted by Crippen LogP contribution is -2.58. The van der Waals surface area contributed by atoms with Crippen molar-refractivity contribution < 1.29 is 13.2 Å². The maximum Gasteiger partial charge on any atom is 0.434 e. The zero-order chi connectivity index (χ0) is 15.0. The molecule has 0 aromatic carbocycles. The van der Waals surface area contributed by atoms with E-state index in [0.717, 1.165) is 18.5 Å². The molecule has 5 unspecified atom stereocenters. The Labute approximate surface area is 120 Å². The van der Waals surface area contributed by atoms with Crippen LogP contribution < -0.4 is 5.32 Å². The molecule has 1 N–H and O–H groups in total. The summed E-state index contributed by atoms with van der Waals surface area (Å²) >= 11 is 0. The fraction of sp³-hybridized carbons (Fsp3) is 0.714. The number of halogens is 3. The second kappa shape index (κ2) is 3.88. The van der Waals surface area contributed by atoms with E-state index in [9.17, 15) is 13.2 Å². The fourth-order valence-corrected chi connectivity index (χ4v) is 4.55. The molecule has 0 bridgehead atoms. The highest BCUT2D eigenvalue weighted by Crippen LogP contribution is 2.73. The molecule has 0 amide bonds. The van der Waals surface area contributed by atoms with E-state index >= 15 is 0 Å². The third-order valence-corrected chi connectivity index (χ3v) is 5.69. The molecule has 3 aliphatic rings. The summed E-state index contributed by atoms with van der Waals surface area (Å²) in [6.07, 6.45) is -0.0948. The van der Waals surface area contributed by atoms with Crippen LogP contribution in [0.15, 0.2) is 12.4 Å². The topological polar surface area (TPSA) is 41.1 Å². The minimum absolute atomic E-state index is 0.260. The molecule has 1 saturated heterocycles. The lowest BCUT2D eigenvalue weighted by Gasteiger charge is -2.47. The molecule has 1 aliphatic heterocycles. The predicted molar refractivity (Wildman–Crippen MR) is 70.6 cm³/mol. The molecule has 1 aromatic heterocycles. The van der Waals surface area contributed by atoms with Gasteiger partial charge in [0.2, 0.25) is 0 Å². The van der Waals surface area contributed by atoms with Crippen molar-refractivity contribution in [2.45, 2.75) is 44.1 Å². The van der Waals surface area contributed by atoms with Crippen molar-refractivity contribution in [3.8, 4) is 0 Å². The molecule has 4 nitrogen and oxygen atoms in total. The van der Waals surface area contributed by atoms with Gasteiger partial charge < -0.3 is 5.32 Å². The first-order chi connectivity index (χ1) is 9.83. The van der Waals surface area contributed by atoms with Gasteiger partial charge in [-0.3, -0.25) is 4.90 Å². The highest BCUT2D eigenvalue weighted by atomic mass is 19.4. The number of aromatic nitrogens is 2. The van der Waals surface area contributed by atoms with Gasteiger partial charge >= 0.3 is 6.18 Å². The van der Waals surface area contributed by atoms with E-state index in [1.165, 1.54) is 12.6 Å². The SMILES string of the molecule is CC1C2CC23CC(Nc2cnc(C(F)(F)F)cn2)C3N1C. The van der Waals surface area contributed by atoms with E-state index in [2.05, 4.69) is 34.2 Å². The molecule has 2 aliphatic carbocycles. The summed E-state index contributed by atoms with van der Waals surface area (Å²) in [5, 5.41) is 3.25. The number of nitrogens with zero attached hydrogens (tertiary/aromatic N) is 3. The van der Waals surface area contributed by atoms with Crippen LogP contribution in [0.25, 0.3) is 0 Å². The van der Waals surface area contributed by atoms with Gasteiger partial charge in [-0.2, -0.15) is 13.2 Å². The van der Waals surface area contributed by atoms with Crippen molar-refractivity contribution in [3.63, 3.8) is 0 Å². The Balaban J connectivity index is 1.46. The lowest BCUT2D eigenvalue weighted by atomic mass is 9.71. The van der Waals surface area contributed by atoms with Crippen LogP contribution in [0.4, 0.5) is 19.0 Å². The second-order valence-corrected chi connectivity index (χ2v) is 6.63. The molecule has 114 valence electrons. The average molecular weight is 298 g/mol. The summed E-state index contributed by atoms with van der Waals surface area (Å²) < 4.78 is 37.4. The molecule has 4 rings (SSSR count). The number of hydrogen-bond acceptors (Lipinski definition) is 4. The maximum atomic E-state index is 12.5. The van der Waals surface area contributed by atoms with Gasteiger partial charge in [0.1, 0.15) is 5.82 Å². The van der Waals surface area contributed by atoms with Crippen molar-refractivity contribution in [2.24, 2.45) is 11.3 Å². The molecule has 1 spiro atoms. The highest BCUT2D eigenvalue weighted by Gasteiger charge is 2.75. The number of hydrogen-bond donors (Lipinski definition) is 1. The zero-order valence-electron chi connectivity index (χ0n) is 11.9. The van der Waals surface area contributed by atoms with Crippen LogP contribution in [-0.2, 0) is 6.18 Å². The molecule has 5 atom stereocenters. The van der Waals surface area contributed by atoms with Crippen LogP contribution in [0.1, 0.15) is 25.5 Å².